The molecular weight excluding hydrogens is 228 g/mol. The van der Waals surface area contributed by atoms with Crippen LogP contribution in [-0.2, 0) is 0 Å². The summed E-state index contributed by atoms with van der Waals surface area (Å²) in [5.41, 5.74) is 5.54. The average molecular weight is 254 g/mol. The van der Waals surface area contributed by atoms with Gasteiger partial charge in [0.25, 0.3) is 0 Å². The molecule has 102 valence electrons. The van der Waals surface area contributed by atoms with Crippen LogP contribution in [0.15, 0.2) is 48.5 Å². The molecule has 0 radical (unpaired) electrons. The van der Waals surface area contributed by atoms with Crippen molar-refractivity contribution in [3.8, 4) is 0 Å². The van der Waals surface area contributed by atoms with Gasteiger partial charge in [0.1, 0.15) is 0 Å². The van der Waals surface area contributed by atoms with E-state index >= 15 is 0 Å². The second-order valence-electron chi connectivity index (χ2n) is 4.79. The molecule has 0 fully saturated rings. The highest BCUT2D eigenvalue weighted by Crippen LogP contribution is 2.28. The van der Waals surface area contributed by atoms with Crippen molar-refractivity contribution in [3.63, 3.8) is 0 Å². The van der Waals surface area contributed by atoms with E-state index in [1.807, 2.05) is 13.8 Å². The summed E-state index contributed by atoms with van der Waals surface area (Å²) in [4.78, 5) is 0. The van der Waals surface area contributed by atoms with Crippen LogP contribution in [0, 0.1) is 13.8 Å². The van der Waals surface area contributed by atoms with Crippen LogP contribution in [0.25, 0.3) is 0 Å². The summed E-state index contributed by atoms with van der Waals surface area (Å²) in [5.74, 6) is 0.523. The Morgan fingerprint density at radius 2 is 1.21 bits per heavy atom. The molecule has 0 nitrogen and oxygen atoms in total. The van der Waals surface area contributed by atoms with Crippen LogP contribution in [0.3, 0.4) is 0 Å². The lowest BCUT2D eigenvalue weighted by molar-refractivity contribution is 0.775. The molecule has 0 aromatic heterocycles. The van der Waals surface area contributed by atoms with E-state index in [4.69, 9.17) is 0 Å². The molecule has 2 rings (SSSR count). The molecule has 0 aliphatic rings. The first-order valence-electron chi connectivity index (χ1n) is 7.34. The molecule has 0 N–H and O–H groups in total. The lowest BCUT2D eigenvalue weighted by atomic mass is 9.88. The van der Waals surface area contributed by atoms with Crippen LogP contribution in [0.1, 0.15) is 55.4 Å². The number of hydrogen-bond acceptors (Lipinski definition) is 0. The molecule has 0 heterocycles. The molecule has 2 aromatic rings. The van der Waals surface area contributed by atoms with Gasteiger partial charge in [0, 0.05) is 5.92 Å². The molecule has 0 atom stereocenters. The molecule has 0 amide bonds. The van der Waals surface area contributed by atoms with Crippen molar-refractivity contribution in [1.82, 2.24) is 0 Å². The molecule has 0 saturated carbocycles. The Hall–Kier alpha value is -1.56. The second-order valence-corrected chi connectivity index (χ2v) is 4.79. The third-order valence-electron chi connectivity index (χ3n) is 3.30. The Morgan fingerprint density at radius 3 is 1.53 bits per heavy atom. The van der Waals surface area contributed by atoms with Crippen molar-refractivity contribution in [2.45, 2.75) is 47.0 Å². The first-order valence-corrected chi connectivity index (χ1v) is 7.34. The van der Waals surface area contributed by atoms with Gasteiger partial charge >= 0.3 is 0 Å². The van der Waals surface area contributed by atoms with Crippen LogP contribution < -0.4 is 0 Å². The van der Waals surface area contributed by atoms with Gasteiger partial charge in [-0.2, -0.15) is 0 Å². The molecule has 0 bridgehead atoms. The van der Waals surface area contributed by atoms with E-state index in [1.165, 1.54) is 22.3 Å². The lowest BCUT2D eigenvalue weighted by Gasteiger charge is -2.17. The summed E-state index contributed by atoms with van der Waals surface area (Å²) < 4.78 is 0. The predicted molar refractivity (Wildman–Crippen MR) is 85.8 cm³/mol. The van der Waals surface area contributed by atoms with E-state index in [-0.39, 0.29) is 0 Å². The zero-order valence-electron chi connectivity index (χ0n) is 12.9. The third-order valence-corrected chi connectivity index (χ3v) is 3.30. The molecule has 0 spiro atoms. The van der Waals surface area contributed by atoms with E-state index in [0.717, 1.165) is 6.42 Å². The zero-order chi connectivity index (χ0) is 14.3. The van der Waals surface area contributed by atoms with Crippen LogP contribution in [0.5, 0.6) is 0 Å². The van der Waals surface area contributed by atoms with Crippen molar-refractivity contribution < 1.29 is 0 Å². The highest BCUT2D eigenvalue weighted by molar-refractivity contribution is 5.36. The summed E-state index contributed by atoms with van der Waals surface area (Å²) in [5, 5.41) is 0. The van der Waals surface area contributed by atoms with Crippen LogP contribution >= 0.6 is 0 Å². The Balaban J connectivity index is 0.000000861. The Kier molecular flexibility index (Phi) is 6.35. The fraction of sp³-hybridized carbons (Fsp3) is 0.368. The third kappa shape index (κ3) is 4.24. The van der Waals surface area contributed by atoms with Gasteiger partial charge in [0.05, 0.1) is 0 Å². The van der Waals surface area contributed by atoms with Crippen molar-refractivity contribution in [2.75, 3.05) is 0 Å². The predicted octanol–water partition coefficient (Wildman–Crippen LogP) is 5.87. The van der Waals surface area contributed by atoms with Gasteiger partial charge in [-0.15, -0.1) is 0 Å². The molecular formula is C19H26. The minimum atomic E-state index is 0.523. The largest absolute Gasteiger partial charge is 0.0683 e. The second kappa shape index (κ2) is 7.78. The molecule has 2 aromatic carbocycles. The first-order chi connectivity index (χ1) is 9.20. The molecule has 19 heavy (non-hydrogen) atoms. The summed E-state index contributed by atoms with van der Waals surface area (Å²) >= 11 is 0. The maximum absolute atomic E-state index is 2.30. The van der Waals surface area contributed by atoms with Crippen molar-refractivity contribution in [3.05, 3.63) is 70.8 Å². The summed E-state index contributed by atoms with van der Waals surface area (Å²) in [7, 11) is 0. The number of benzene rings is 2. The van der Waals surface area contributed by atoms with Gasteiger partial charge in [-0.3, -0.25) is 0 Å². The molecule has 0 aliphatic carbocycles. The SMILES string of the molecule is CC.CCC(c1cccc(C)c1)c1cccc(C)c1. The highest BCUT2D eigenvalue weighted by atomic mass is 14.2. The standard InChI is InChI=1S/C17H20.C2H6/c1-4-17(15-9-5-7-13(2)11-15)16-10-6-8-14(3)12-16;1-2/h5-12,17H,4H2,1-3H3;1-2H3. The molecule has 0 saturated heterocycles. The maximum atomic E-state index is 2.30. The fourth-order valence-corrected chi connectivity index (χ4v) is 2.44. The van der Waals surface area contributed by atoms with E-state index in [0.29, 0.717) is 5.92 Å². The minimum Gasteiger partial charge on any atom is -0.0683 e. The van der Waals surface area contributed by atoms with Crippen molar-refractivity contribution in [2.24, 2.45) is 0 Å². The topological polar surface area (TPSA) is 0 Å². The molecule has 0 aliphatic heterocycles. The number of rotatable bonds is 3. The maximum Gasteiger partial charge on any atom is 0.00869 e. The monoisotopic (exact) mass is 254 g/mol. The molecule has 0 unspecified atom stereocenters. The first kappa shape index (κ1) is 15.5. The Morgan fingerprint density at radius 1 is 0.789 bits per heavy atom. The molecule has 0 heteroatoms. The van der Waals surface area contributed by atoms with E-state index in [1.54, 1.807) is 0 Å². The fourth-order valence-electron chi connectivity index (χ4n) is 2.44. The van der Waals surface area contributed by atoms with Gasteiger partial charge in [-0.25, -0.2) is 0 Å². The zero-order valence-corrected chi connectivity index (χ0v) is 12.9. The van der Waals surface area contributed by atoms with Crippen molar-refractivity contribution in [1.29, 1.82) is 0 Å². The number of aryl methyl sites for hydroxylation is 2. The van der Waals surface area contributed by atoms with Gasteiger partial charge in [-0.05, 0) is 31.4 Å². The van der Waals surface area contributed by atoms with Gasteiger partial charge in [0.15, 0.2) is 0 Å². The summed E-state index contributed by atoms with van der Waals surface area (Å²) in [6.07, 6.45) is 1.15. The number of hydrogen-bond donors (Lipinski definition) is 0. The summed E-state index contributed by atoms with van der Waals surface area (Å²) in [6.45, 7) is 10.6. The van der Waals surface area contributed by atoms with Gasteiger partial charge in [0.2, 0.25) is 0 Å². The summed E-state index contributed by atoms with van der Waals surface area (Å²) in [6, 6.07) is 17.7. The Bertz CT molecular complexity index is 451. The van der Waals surface area contributed by atoms with Crippen LogP contribution in [0.4, 0.5) is 0 Å². The smallest absolute Gasteiger partial charge is 0.00869 e. The average Bonchev–Trinajstić information content (AvgIpc) is 2.42. The minimum absolute atomic E-state index is 0.523. The van der Waals surface area contributed by atoms with E-state index in [2.05, 4.69) is 69.3 Å². The highest BCUT2D eigenvalue weighted by Gasteiger charge is 2.11. The van der Waals surface area contributed by atoms with Crippen LogP contribution in [0.2, 0.25) is 0 Å². The van der Waals surface area contributed by atoms with Gasteiger partial charge in [-0.1, -0.05) is 80.4 Å². The van der Waals surface area contributed by atoms with Gasteiger partial charge < -0.3 is 0 Å². The lowest BCUT2D eigenvalue weighted by Crippen LogP contribution is -2.00. The Labute approximate surface area is 118 Å². The normalized spacial score (nSPS) is 10.0. The van der Waals surface area contributed by atoms with Crippen LogP contribution in [-0.4, -0.2) is 0 Å². The van der Waals surface area contributed by atoms with E-state index < -0.39 is 0 Å². The quantitative estimate of drug-likeness (QED) is 0.642. The van der Waals surface area contributed by atoms with E-state index in [9.17, 15) is 0 Å². The van der Waals surface area contributed by atoms with Crippen molar-refractivity contribution >= 4 is 0 Å².